The zero-order chi connectivity index (χ0) is 15.7. The number of carbonyl (C=O) groups is 2. The predicted molar refractivity (Wildman–Crippen MR) is 91.6 cm³/mol. The van der Waals surface area contributed by atoms with Crippen molar-refractivity contribution in [1.82, 2.24) is 15.5 Å². The van der Waals surface area contributed by atoms with Crippen LogP contribution in [0.5, 0.6) is 0 Å². The van der Waals surface area contributed by atoms with Gasteiger partial charge in [0, 0.05) is 32.6 Å². The Kier molecular flexibility index (Phi) is 10.2. The van der Waals surface area contributed by atoms with E-state index in [0.29, 0.717) is 18.5 Å². The van der Waals surface area contributed by atoms with Gasteiger partial charge >= 0.3 is 0 Å². The van der Waals surface area contributed by atoms with Crippen LogP contribution in [-0.4, -0.2) is 50.9 Å². The van der Waals surface area contributed by atoms with E-state index in [9.17, 15) is 9.59 Å². The van der Waals surface area contributed by atoms with Crippen LogP contribution in [0.4, 0.5) is 0 Å². The van der Waals surface area contributed by atoms with Crippen LogP contribution in [0.3, 0.4) is 0 Å². The molecule has 1 aromatic carbocycles. The number of halogens is 1. The van der Waals surface area contributed by atoms with Crippen LogP contribution in [0.15, 0.2) is 24.3 Å². The van der Waals surface area contributed by atoms with Gasteiger partial charge in [0.2, 0.25) is 5.91 Å². The number of carbonyl (C=O) groups excluding carboxylic acids is 2. The highest BCUT2D eigenvalue weighted by Crippen LogP contribution is 2.07. The topological polar surface area (TPSA) is 61.4 Å². The third-order valence-corrected chi connectivity index (χ3v) is 3.15. The van der Waals surface area contributed by atoms with Crippen LogP contribution in [0.1, 0.15) is 28.8 Å². The lowest BCUT2D eigenvalue weighted by Gasteiger charge is -2.11. The van der Waals surface area contributed by atoms with Gasteiger partial charge < -0.3 is 15.5 Å². The highest BCUT2D eigenvalue weighted by atomic mass is 35.5. The fraction of sp³-hybridized carbons (Fsp3) is 0.500. The van der Waals surface area contributed by atoms with Crippen LogP contribution in [0.2, 0.25) is 0 Å². The van der Waals surface area contributed by atoms with Crippen LogP contribution >= 0.6 is 12.4 Å². The van der Waals surface area contributed by atoms with Crippen LogP contribution in [-0.2, 0) is 11.2 Å². The Morgan fingerprint density at radius 1 is 1.18 bits per heavy atom. The van der Waals surface area contributed by atoms with E-state index in [0.717, 1.165) is 24.9 Å². The third-order valence-electron chi connectivity index (χ3n) is 3.15. The Balaban J connectivity index is 0.00000441. The molecular formula is C16H26ClN3O2. The standard InChI is InChI=1S/C16H25N3O2.ClH/c1-17-10-5-8-15(20)18-11-9-13-6-4-7-14(12-13)16(21)19(2)3;/h4,6-7,12,17H,5,8-11H2,1-3H3,(H,18,20);1H. The Hall–Kier alpha value is -1.59. The lowest BCUT2D eigenvalue weighted by molar-refractivity contribution is -0.121. The van der Waals surface area contributed by atoms with E-state index in [-0.39, 0.29) is 24.2 Å². The molecule has 5 nitrogen and oxygen atoms in total. The Morgan fingerprint density at radius 2 is 1.91 bits per heavy atom. The van der Waals surface area contributed by atoms with Crippen molar-refractivity contribution in [1.29, 1.82) is 0 Å². The molecule has 0 spiro atoms. The predicted octanol–water partition coefficient (Wildman–Crippen LogP) is 1.47. The van der Waals surface area contributed by atoms with Gasteiger partial charge in [-0.1, -0.05) is 12.1 Å². The van der Waals surface area contributed by atoms with Gasteiger partial charge in [-0.25, -0.2) is 0 Å². The summed E-state index contributed by atoms with van der Waals surface area (Å²) in [4.78, 5) is 25.0. The molecule has 0 aromatic heterocycles. The molecule has 0 aliphatic rings. The van der Waals surface area contributed by atoms with Crippen LogP contribution in [0.25, 0.3) is 0 Å². The minimum absolute atomic E-state index is 0. The van der Waals surface area contributed by atoms with Crippen molar-refractivity contribution in [2.75, 3.05) is 34.2 Å². The average Bonchev–Trinajstić information content (AvgIpc) is 2.47. The fourth-order valence-electron chi connectivity index (χ4n) is 1.98. The van der Waals surface area contributed by atoms with E-state index in [1.807, 2.05) is 31.3 Å². The molecule has 0 saturated carbocycles. The monoisotopic (exact) mass is 327 g/mol. The quantitative estimate of drug-likeness (QED) is 0.711. The first-order chi connectivity index (χ1) is 10.0. The second kappa shape index (κ2) is 11.0. The molecular weight excluding hydrogens is 302 g/mol. The summed E-state index contributed by atoms with van der Waals surface area (Å²) in [6.07, 6.45) is 2.11. The second-order valence-electron chi connectivity index (χ2n) is 5.21. The molecule has 0 heterocycles. The number of benzene rings is 1. The van der Waals surface area contributed by atoms with Crippen molar-refractivity contribution in [3.8, 4) is 0 Å². The summed E-state index contributed by atoms with van der Waals surface area (Å²) in [7, 11) is 5.35. The van der Waals surface area contributed by atoms with Crippen LogP contribution < -0.4 is 10.6 Å². The smallest absolute Gasteiger partial charge is 0.253 e. The van der Waals surface area contributed by atoms with E-state index in [2.05, 4.69) is 10.6 Å². The SMILES string of the molecule is CNCCCC(=O)NCCc1cccc(C(=O)N(C)C)c1.Cl. The maximum absolute atomic E-state index is 11.9. The van der Waals surface area contributed by atoms with Crippen molar-refractivity contribution in [3.05, 3.63) is 35.4 Å². The minimum Gasteiger partial charge on any atom is -0.356 e. The van der Waals surface area contributed by atoms with Crippen molar-refractivity contribution in [3.63, 3.8) is 0 Å². The zero-order valence-electron chi connectivity index (χ0n) is 13.5. The number of amides is 2. The third kappa shape index (κ3) is 7.43. The number of nitrogens with one attached hydrogen (secondary N) is 2. The van der Waals surface area contributed by atoms with Crippen molar-refractivity contribution in [2.24, 2.45) is 0 Å². The lowest BCUT2D eigenvalue weighted by atomic mass is 10.1. The van der Waals surface area contributed by atoms with Gasteiger partial charge in [-0.05, 0) is 44.1 Å². The summed E-state index contributed by atoms with van der Waals surface area (Å²) in [5.41, 5.74) is 1.73. The first-order valence-corrected chi connectivity index (χ1v) is 7.26. The molecule has 0 bridgehead atoms. The number of nitrogens with zero attached hydrogens (tertiary/aromatic N) is 1. The van der Waals surface area contributed by atoms with Gasteiger partial charge in [-0.15, -0.1) is 12.4 Å². The van der Waals surface area contributed by atoms with Crippen molar-refractivity contribution < 1.29 is 9.59 Å². The summed E-state index contributed by atoms with van der Waals surface area (Å²) in [5, 5.41) is 5.91. The van der Waals surface area contributed by atoms with Gasteiger partial charge in [-0.3, -0.25) is 9.59 Å². The maximum atomic E-state index is 11.9. The van der Waals surface area contributed by atoms with Crippen LogP contribution in [0, 0.1) is 0 Å². The first kappa shape index (κ1) is 20.4. The highest BCUT2D eigenvalue weighted by Gasteiger charge is 2.08. The van der Waals surface area contributed by atoms with E-state index in [1.165, 1.54) is 0 Å². The van der Waals surface area contributed by atoms with Gasteiger partial charge in [0.1, 0.15) is 0 Å². The molecule has 124 valence electrons. The molecule has 0 saturated heterocycles. The second-order valence-corrected chi connectivity index (χ2v) is 5.21. The van der Waals surface area contributed by atoms with E-state index in [1.54, 1.807) is 19.0 Å². The Labute approximate surface area is 138 Å². The fourth-order valence-corrected chi connectivity index (χ4v) is 1.98. The molecule has 2 N–H and O–H groups in total. The highest BCUT2D eigenvalue weighted by molar-refractivity contribution is 5.94. The Morgan fingerprint density at radius 3 is 2.55 bits per heavy atom. The van der Waals surface area contributed by atoms with E-state index in [4.69, 9.17) is 0 Å². The van der Waals surface area contributed by atoms with Gasteiger partial charge in [-0.2, -0.15) is 0 Å². The molecule has 0 aliphatic carbocycles. The minimum atomic E-state index is -0.00653. The largest absolute Gasteiger partial charge is 0.356 e. The van der Waals surface area contributed by atoms with E-state index >= 15 is 0 Å². The maximum Gasteiger partial charge on any atom is 0.253 e. The average molecular weight is 328 g/mol. The molecule has 0 aliphatic heterocycles. The first-order valence-electron chi connectivity index (χ1n) is 7.26. The summed E-state index contributed by atoms with van der Waals surface area (Å²) in [5.74, 6) is 0.0683. The summed E-state index contributed by atoms with van der Waals surface area (Å²) >= 11 is 0. The van der Waals surface area contributed by atoms with E-state index < -0.39 is 0 Å². The molecule has 2 amide bonds. The molecule has 6 heteroatoms. The van der Waals surface area contributed by atoms with Crippen molar-refractivity contribution >= 4 is 24.2 Å². The number of hydrogen-bond donors (Lipinski definition) is 2. The summed E-state index contributed by atoms with van der Waals surface area (Å²) < 4.78 is 0. The molecule has 0 fully saturated rings. The summed E-state index contributed by atoms with van der Waals surface area (Å²) in [6.45, 7) is 1.44. The molecule has 1 aromatic rings. The zero-order valence-corrected chi connectivity index (χ0v) is 14.3. The number of rotatable bonds is 8. The molecule has 0 atom stereocenters. The lowest BCUT2D eigenvalue weighted by Crippen LogP contribution is -2.26. The molecule has 0 radical (unpaired) electrons. The van der Waals surface area contributed by atoms with Gasteiger partial charge in [0.15, 0.2) is 0 Å². The van der Waals surface area contributed by atoms with Crippen molar-refractivity contribution in [2.45, 2.75) is 19.3 Å². The molecule has 1 rings (SSSR count). The normalized spacial score (nSPS) is 9.77. The molecule has 22 heavy (non-hydrogen) atoms. The van der Waals surface area contributed by atoms with Gasteiger partial charge in [0.25, 0.3) is 5.91 Å². The Bertz CT molecular complexity index is 478. The number of hydrogen-bond acceptors (Lipinski definition) is 3. The molecule has 0 unspecified atom stereocenters. The summed E-state index contributed by atoms with van der Waals surface area (Å²) in [6, 6.07) is 7.54. The van der Waals surface area contributed by atoms with Gasteiger partial charge in [0.05, 0.1) is 0 Å².